The average Bonchev–Trinajstić information content (AvgIpc) is 3.12. The summed E-state index contributed by atoms with van der Waals surface area (Å²) in [6.45, 7) is 0.642. The van der Waals surface area contributed by atoms with Crippen molar-refractivity contribution in [1.82, 2.24) is 9.29 Å². The molecule has 0 radical (unpaired) electrons. The summed E-state index contributed by atoms with van der Waals surface area (Å²) in [7, 11) is -3.84. The van der Waals surface area contributed by atoms with Crippen LogP contribution in [0.25, 0.3) is 0 Å². The standard InChI is InChI=1S/C15H13F3N4O2S2/c16-15(17,18)13-10-25-14(20-13)21-5-7-22(8-6-21)26(23,24)12-4-2-1-3-11(12)9-19/h1-4,10H,5-8H2. The number of halogens is 3. The summed E-state index contributed by atoms with van der Waals surface area (Å²) in [5.74, 6) is 0. The molecule has 2 aromatic rings. The topological polar surface area (TPSA) is 77.3 Å². The predicted molar refractivity (Wildman–Crippen MR) is 89.2 cm³/mol. The molecule has 1 aromatic carbocycles. The molecule has 26 heavy (non-hydrogen) atoms. The third-order valence-electron chi connectivity index (χ3n) is 3.92. The van der Waals surface area contributed by atoms with Gasteiger partial charge in [0.15, 0.2) is 10.8 Å². The van der Waals surface area contributed by atoms with Crippen molar-refractivity contribution in [3.05, 3.63) is 40.9 Å². The minimum absolute atomic E-state index is 0.0599. The molecule has 0 atom stereocenters. The molecular weight excluding hydrogens is 389 g/mol. The Labute approximate surface area is 152 Å². The van der Waals surface area contributed by atoms with Gasteiger partial charge in [0.2, 0.25) is 10.0 Å². The SMILES string of the molecule is N#Cc1ccccc1S(=O)(=O)N1CCN(c2nc(C(F)(F)F)cs2)CC1. The maximum atomic E-state index is 12.7. The highest BCUT2D eigenvalue weighted by Gasteiger charge is 2.35. The minimum atomic E-state index is -4.50. The number of anilines is 1. The molecule has 1 fully saturated rings. The van der Waals surface area contributed by atoms with E-state index < -0.39 is 21.9 Å². The third-order valence-corrected chi connectivity index (χ3v) is 6.78. The Hall–Kier alpha value is -2.16. The van der Waals surface area contributed by atoms with Crippen LogP contribution in [0.2, 0.25) is 0 Å². The van der Waals surface area contributed by atoms with E-state index in [2.05, 4.69) is 4.98 Å². The highest BCUT2D eigenvalue weighted by atomic mass is 32.2. The molecule has 11 heteroatoms. The number of rotatable bonds is 3. The first kappa shape index (κ1) is 18.6. The van der Waals surface area contributed by atoms with Crippen molar-refractivity contribution >= 4 is 26.5 Å². The van der Waals surface area contributed by atoms with E-state index in [1.54, 1.807) is 11.0 Å². The molecule has 2 heterocycles. The van der Waals surface area contributed by atoms with Crippen LogP contribution in [-0.2, 0) is 16.2 Å². The summed E-state index contributed by atoms with van der Waals surface area (Å²) in [5, 5.41) is 10.3. The lowest BCUT2D eigenvalue weighted by Gasteiger charge is -2.33. The van der Waals surface area contributed by atoms with E-state index in [1.807, 2.05) is 6.07 Å². The van der Waals surface area contributed by atoms with Gasteiger partial charge in [-0.05, 0) is 12.1 Å². The lowest BCUT2D eigenvalue weighted by atomic mass is 10.2. The monoisotopic (exact) mass is 402 g/mol. The van der Waals surface area contributed by atoms with Crippen LogP contribution >= 0.6 is 11.3 Å². The van der Waals surface area contributed by atoms with Gasteiger partial charge < -0.3 is 4.90 Å². The molecule has 1 aliphatic heterocycles. The second-order valence-corrected chi connectivity index (χ2v) is 8.26. The summed E-state index contributed by atoms with van der Waals surface area (Å²) in [4.78, 5) is 5.15. The van der Waals surface area contributed by atoms with Crippen LogP contribution in [0.3, 0.4) is 0 Å². The van der Waals surface area contributed by atoms with Gasteiger partial charge in [-0.2, -0.15) is 22.7 Å². The minimum Gasteiger partial charge on any atom is -0.345 e. The lowest BCUT2D eigenvalue weighted by molar-refractivity contribution is -0.140. The van der Waals surface area contributed by atoms with Crippen LogP contribution in [0, 0.1) is 11.3 Å². The first-order chi connectivity index (χ1) is 12.2. The van der Waals surface area contributed by atoms with Crippen molar-refractivity contribution in [1.29, 1.82) is 5.26 Å². The predicted octanol–water partition coefficient (Wildman–Crippen LogP) is 2.54. The fourth-order valence-corrected chi connectivity index (χ4v) is 5.03. The Morgan fingerprint density at radius 2 is 1.81 bits per heavy atom. The molecule has 0 saturated carbocycles. The van der Waals surface area contributed by atoms with E-state index in [1.165, 1.54) is 22.5 Å². The van der Waals surface area contributed by atoms with E-state index in [-0.39, 0.29) is 41.8 Å². The molecule has 3 rings (SSSR count). The zero-order chi connectivity index (χ0) is 18.9. The number of benzene rings is 1. The van der Waals surface area contributed by atoms with Crippen LogP contribution < -0.4 is 4.90 Å². The van der Waals surface area contributed by atoms with Crippen molar-refractivity contribution in [2.45, 2.75) is 11.1 Å². The van der Waals surface area contributed by atoms with Gasteiger partial charge in [-0.15, -0.1) is 11.3 Å². The van der Waals surface area contributed by atoms with Gasteiger partial charge in [-0.25, -0.2) is 13.4 Å². The van der Waals surface area contributed by atoms with Gasteiger partial charge in [-0.3, -0.25) is 0 Å². The number of piperazine rings is 1. The van der Waals surface area contributed by atoms with Crippen molar-refractivity contribution in [2.24, 2.45) is 0 Å². The third kappa shape index (κ3) is 3.53. The zero-order valence-electron chi connectivity index (χ0n) is 13.3. The second kappa shape index (κ2) is 6.86. The van der Waals surface area contributed by atoms with Gasteiger partial charge in [0.1, 0.15) is 6.07 Å². The van der Waals surface area contributed by atoms with Crippen LogP contribution in [0.15, 0.2) is 34.5 Å². The summed E-state index contributed by atoms with van der Waals surface area (Å²) in [6.07, 6.45) is -4.50. The zero-order valence-corrected chi connectivity index (χ0v) is 14.9. The first-order valence-electron chi connectivity index (χ1n) is 7.50. The summed E-state index contributed by atoms with van der Waals surface area (Å²) in [6, 6.07) is 7.78. The molecule has 0 spiro atoms. The molecule has 6 nitrogen and oxygen atoms in total. The molecule has 1 saturated heterocycles. The van der Waals surface area contributed by atoms with Gasteiger partial charge >= 0.3 is 6.18 Å². The number of sulfonamides is 1. The summed E-state index contributed by atoms with van der Waals surface area (Å²) in [5.41, 5.74) is -0.889. The maximum Gasteiger partial charge on any atom is 0.434 e. The lowest BCUT2D eigenvalue weighted by Crippen LogP contribution is -2.48. The van der Waals surface area contributed by atoms with Crippen molar-refractivity contribution in [2.75, 3.05) is 31.1 Å². The van der Waals surface area contributed by atoms with Crippen LogP contribution in [0.1, 0.15) is 11.3 Å². The Morgan fingerprint density at radius 3 is 2.38 bits per heavy atom. The van der Waals surface area contributed by atoms with Crippen molar-refractivity contribution < 1.29 is 21.6 Å². The highest BCUT2D eigenvalue weighted by molar-refractivity contribution is 7.89. The molecule has 0 unspecified atom stereocenters. The molecule has 1 aliphatic rings. The van der Waals surface area contributed by atoms with E-state index in [0.29, 0.717) is 0 Å². The number of aromatic nitrogens is 1. The Morgan fingerprint density at radius 1 is 1.15 bits per heavy atom. The summed E-state index contributed by atoms with van der Waals surface area (Å²) < 4.78 is 64.7. The number of hydrogen-bond acceptors (Lipinski definition) is 6. The van der Waals surface area contributed by atoms with Crippen LogP contribution in [-0.4, -0.2) is 43.9 Å². The molecule has 1 aromatic heterocycles. The Balaban J connectivity index is 1.74. The number of alkyl halides is 3. The maximum absolute atomic E-state index is 12.7. The molecule has 0 N–H and O–H groups in total. The van der Waals surface area contributed by atoms with Gasteiger partial charge in [-0.1, -0.05) is 12.1 Å². The fraction of sp³-hybridized carbons (Fsp3) is 0.333. The molecule has 0 aliphatic carbocycles. The largest absolute Gasteiger partial charge is 0.434 e. The van der Waals surface area contributed by atoms with E-state index in [9.17, 15) is 21.6 Å². The molecule has 0 bridgehead atoms. The van der Waals surface area contributed by atoms with Gasteiger partial charge in [0.05, 0.1) is 10.5 Å². The van der Waals surface area contributed by atoms with E-state index in [4.69, 9.17) is 5.26 Å². The van der Waals surface area contributed by atoms with Crippen LogP contribution in [0.5, 0.6) is 0 Å². The number of nitrogens with zero attached hydrogens (tertiary/aromatic N) is 4. The van der Waals surface area contributed by atoms with Crippen molar-refractivity contribution in [3.63, 3.8) is 0 Å². The number of thiazole rings is 1. The van der Waals surface area contributed by atoms with E-state index >= 15 is 0 Å². The van der Waals surface area contributed by atoms with E-state index in [0.717, 1.165) is 16.7 Å². The Bertz CT molecular complexity index is 942. The first-order valence-corrected chi connectivity index (χ1v) is 9.82. The average molecular weight is 402 g/mol. The fourth-order valence-electron chi connectivity index (χ4n) is 2.58. The summed E-state index contributed by atoms with van der Waals surface area (Å²) >= 11 is 0.878. The quantitative estimate of drug-likeness (QED) is 0.789. The second-order valence-electron chi connectivity index (χ2n) is 5.51. The van der Waals surface area contributed by atoms with Gasteiger partial charge in [0.25, 0.3) is 0 Å². The molecule has 0 amide bonds. The normalized spacial score (nSPS) is 16.5. The molecular formula is C15H13F3N4O2S2. The number of nitriles is 1. The van der Waals surface area contributed by atoms with Crippen molar-refractivity contribution in [3.8, 4) is 6.07 Å². The van der Waals surface area contributed by atoms with Gasteiger partial charge in [0, 0.05) is 31.6 Å². The van der Waals surface area contributed by atoms with Crippen LogP contribution in [0.4, 0.5) is 18.3 Å². The molecule has 138 valence electrons. The Kier molecular flexibility index (Phi) is 4.92. The number of hydrogen-bond donors (Lipinski definition) is 0. The highest BCUT2D eigenvalue weighted by Crippen LogP contribution is 2.33. The smallest absolute Gasteiger partial charge is 0.345 e.